The molecule has 0 atom stereocenters. The fraction of sp³-hybridized carbons (Fsp3) is 0.200. The van der Waals surface area contributed by atoms with E-state index in [4.69, 9.17) is 27.6 Å². The average molecular weight is 329 g/mol. The molecule has 0 fully saturated rings. The van der Waals surface area contributed by atoms with Crippen LogP contribution in [-0.4, -0.2) is 11.6 Å². The van der Waals surface area contributed by atoms with Crippen LogP contribution in [0.4, 0.5) is 4.39 Å². The van der Waals surface area contributed by atoms with E-state index in [9.17, 15) is 14.0 Å². The van der Waals surface area contributed by atoms with E-state index in [1.165, 1.54) is 0 Å². The van der Waals surface area contributed by atoms with Crippen molar-refractivity contribution in [2.75, 3.05) is 0 Å². The van der Waals surface area contributed by atoms with Gasteiger partial charge in [0, 0.05) is 5.56 Å². The molecule has 0 aliphatic carbocycles. The van der Waals surface area contributed by atoms with Gasteiger partial charge in [0.05, 0.1) is 22.0 Å². The smallest absolute Gasteiger partial charge is 0.174 e. The number of benzene rings is 1. The maximum absolute atomic E-state index is 13.4. The number of ketones is 2. The Morgan fingerprint density at radius 1 is 1.05 bits per heavy atom. The van der Waals surface area contributed by atoms with Crippen molar-refractivity contribution in [2.24, 2.45) is 0 Å². The van der Waals surface area contributed by atoms with Crippen molar-refractivity contribution >= 4 is 34.8 Å². The zero-order valence-electron chi connectivity index (χ0n) is 11.3. The molecular formula is C15H11Cl2FO3. The van der Waals surface area contributed by atoms with Crippen LogP contribution in [0.25, 0.3) is 0 Å². The van der Waals surface area contributed by atoms with Gasteiger partial charge in [-0.15, -0.1) is 0 Å². The lowest BCUT2D eigenvalue weighted by molar-refractivity contribution is 0.0893. The number of furan rings is 1. The fourth-order valence-corrected chi connectivity index (χ4v) is 2.47. The second-order valence-electron chi connectivity index (χ2n) is 4.60. The molecule has 1 heterocycles. The number of rotatable bonds is 4. The summed E-state index contributed by atoms with van der Waals surface area (Å²) in [6.07, 6.45) is -0.416. The quantitative estimate of drug-likeness (QED) is 0.460. The Kier molecular flexibility index (Phi) is 4.49. The molecule has 2 rings (SSSR count). The van der Waals surface area contributed by atoms with Crippen LogP contribution in [0.2, 0.25) is 10.0 Å². The summed E-state index contributed by atoms with van der Waals surface area (Å²) in [6.45, 7) is 3.34. The molecule has 0 amide bonds. The number of aryl methyl sites for hydroxylation is 2. The van der Waals surface area contributed by atoms with Crippen molar-refractivity contribution in [2.45, 2.75) is 20.3 Å². The van der Waals surface area contributed by atoms with E-state index < -0.39 is 23.8 Å². The molecule has 0 spiro atoms. The Hall–Kier alpha value is -1.65. The van der Waals surface area contributed by atoms with E-state index in [1.807, 2.05) is 0 Å². The van der Waals surface area contributed by atoms with Crippen LogP contribution in [-0.2, 0) is 0 Å². The second-order valence-corrected chi connectivity index (χ2v) is 5.41. The summed E-state index contributed by atoms with van der Waals surface area (Å²) in [5.74, 6) is -0.704. The van der Waals surface area contributed by atoms with Crippen LogP contribution in [0.3, 0.4) is 0 Å². The maximum Gasteiger partial charge on any atom is 0.174 e. The summed E-state index contributed by atoms with van der Waals surface area (Å²) >= 11 is 11.4. The van der Waals surface area contributed by atoms with Gasteiger partial charge in [0.15, 0.2) is 11.6 Å². The molecule has 110 valence electrons. The summed E-state index contributed by atoms with van der Waals surface area (Å²) in [6, 6.07) is 3.64. The van der Waals surface area contributed by atoms with Crippen LogP contribution in [0.15, 0.2) is 22.6 Å². The van der Waals surface area contributed by atoms with Gasteiger partial charge in [0.25, 0.3) is 0 Å². The Morgan fingerprint density at radius 2 is 1.67 bits per heavy atom. The van der Waals surface area contributed by atoms with Gasteiger partial charge in [-0.1, -0.05) is 23.2 Å². The van der Waals surface area contributed by atoms with E-state index in [0.717, 1.165) is 12.1 Å². The molecule has 0 aliphatic heterocycles. The predicted molar refractivity (Wildman–Crippen MR) is 77.9 cm³/mol. The molecule has 0 unspecified atom stereocenters. The van der Waals surface area contributed by atoms with Crippen molar-refractivity contribution in [1.82, 2.24) is 0 Å². The molecule has 6 heteroatoms. The standard InChI is InChI=1S/C15H11Cl2FO3/c1-7-3-9(8(2)21-7)14(19)6-15(20)10-4-13(18)12(17)5-11(10)16/h3-5H,6H2,1-2H3. The minimum absolute atomic E-state index is 0.0132. The van der Waals surface area contributed by atoms with E-state index in [1.54, 1.807) is 19.9 Å². The largest absolute Gasteiger partial charge is 0.466 e. The SMILES string of the molecule is Cc1cc(C(=O)CC(=O)c2cc(F)c(Cl)cc2Cl)c(C)o1. The minimum Gasteiger partial charge on any atom is -0.466 e. The number of carbonyl (C=O) groups is 2. The summed E-state index contributed by atoms with van der Waals surface area (Å²) < 4.78 is 18.7. The predicted octanol–water partition coefficient (Wildman–Crippen LogP) is 4.80. The molecule has 0 bridgehead atoms. The molecule has 0 radical (unpaired) electrons. The number of hydrogen-bond donors (Lipinski definition) is 0. The fourth-order valence-electron chi connectivity index (χ4n) is 1.98. The molecule has 2 aromatic rings. The summed E-state index contributed by atoms with van der Waals surface area (Å²) in [7, 11) is 0. The van der Waals surface area contributed by atoms with Crippen LogP contribution < -0.4 is 0 Å². The minimum atomic E-state index is -0.757. The molecule has 21 heavy (non-hydrogen) atoms. The van der Waals surface area contributed by atoms with Gasteiger partial charge < -0.3 is 4.42 Å². The zero-order valence-corrected chi connectivity index (χ0v) is 12.8. The molecular weight excluding hydrogens is 318 g/mol. The highest BCUT2D eigenvalue weighted by molar-refractivity contribution is 6.37. The van der Waals surface area contributed by atoms with E-state index >= 15 is 0 Å². The van der Waals surface area contributed by atoms with Gasteiger partial charge in [0.2, 0.25) is 0 Å². The summed E-state index contributed by atoms with van der Waals surface area (Å²) in [4.78, 5) is 24.2. The lowest BCUT2D eigenvalue weighted by Gasteiger charge is -2.04. The van der Waals surface area contributed by atoms with Crippen molar-refractivity contribution in [1.29, 1.82) is 0 Å². The topological polar surface area (TPSA) is 47.3 Å². The zero-order chi connectivity index (χ0) is 15.7. The summed E-state index contributed by atoms with van der Waals surface area (Å²) in [5.41, 5.74) is 0.274. The normalized spacial score (nSPS) is 10.7. The number of halogens is 3. The molecule has 0 N–H and O–H groups in total. The van der Waals surface area contributed by atoms with Gasteiger partial charge in [-0.25, -0.2) is 4.39 Å². The highest BCUT2D eigenvalue weighted by atomic mass is 35.5. The highest BCUT2D eigenvalue weighted by Crippen LogP contribution is 2.26. The van der Waals surface area contributed by atoms with Gasteiger partial charge in [0.1, 0.15) is 17.3 Å². The molecule has 0 saturated carbocycles. The highest BCUT2D eigenvalue weighted by Gasteiger charge is 2.20. The number of hydrogen-bond acceptors (Lipinski definition) is 3. The average Bonchev–Trinajstić information content (AvgIpc) is 2.72. The third kappa shape index (κ3) is 3.34. The molecule has 1 aromatic heterocycles. The van der Waals surface area contributed by atoms with Gasteiger partial charge >= 0.3 is 0 Å². The second kappa shape index (κ2) is 6.00. The van der Waals surface area contributed by atoms with Crippen LogP contribution in [0, 0.1) is 19.7 Å². The molecule has 0 saturated heterocycles. The first-order valence-electron chi connectivity index (χ1n) is 6.07. The Bertz CT molecular complexity index is 735. The van der Waals surface area contributed by atoms with Crippen molar-refractivity contribution in [3.05, 3.63) is 56.7 Å². The maximum atomic E-state index is 13.4. The summed E-state index contributed by atoms with van der Waals surface area (Å²) in [5, 5.41) is -0.163. The van der Waals surface area contributed by atoms with Gasteiger partial charge in [-0.05, 0) is 32.0 Å². The van der Waals surface area contributed by atoms with E-state index in [-0.39, 0.29) is 15.6 Å². The van der Waals surface area contributed by atoms with Crippen LogP contribution in [0.5, 0.6) is 0 Å². The lowest BCUT2D eigenvalue weighted by Crippen LogP contribution is -2.10. The first-order valence-corrected chi connectivity index (χ1v) is 6.83. The third-order valence-electron chi connectivity index (χ3n) is 2.97. The Labute approximate surface area is 130 Å². The van der Waals surface area contributed by atoms with Crippen LogP contribution in [0.1, 0.15) is 38.7 Å². The Morgan fingerprint density at radius 3 is 2.24 bits per heavy atom. The third-order valence-corrected chi connectivity index (χ3v) is 3.58. The van der Waals surface area contributed by atoms with E-state index in [0.29, 0.717) is 17.1 Å². The number of Topliss-reactive ketones (excluding diaryl/α,β-unsaturated/α-hetero) is 2. The van der Waals surface area contributed by atoms with Crippen molar-refractivity contribution in [3.63, 3.8) is 0 Å². The molecule has 3 nitrogen and oxygen atoms in total. The Balaban J connectivity index is 2.24. The first kappa shape index (κ1) is 15.7. The van der Waals surface area contributed by atoms with Gasteiger partial charge in [-0.2, -0.15) is 0 Å². The molecule has 0 aliphatic rings. The monoisotopic (exact) mass is 328 g/mol. The van der Waals surface area contributed by atoms with E-state index in [2.05, 4.69) is 0 Å². The lowest BCUT2D eigenvalue weighted by atomic mass is 10.0. The van der Waals surface area contributed by atoms with Crippen molar-refractivity contribution < 1.29 is 18.4 Å². The first-order chi connectivity index (χ1) is 9.79. The number of carbonyl (C=O) groups excluding carboxylic acids is 2. The molecule has 1 aromatic carbocycles. The van der Waals surface area contributed by atoms with Gasteiger partial charge in [-0.3, -0.25) is 9.59 Å². The van der Waals surface area contributed by atoms with Crippen molar-refractivity contribution in [3.8, 4) is 0 Å². The van der Waals surface area contributed by atoms with Crippen LogP contribution >= 0.6 is 23.2 Å².